The molecular formula is C14H12ClN5O. The Morgan fingerprint density at radius 3 is 2.90 bits per heavy atom. The molecule has 0 radical (unpaired) electrons. The first-order valence-electron chi connectivity index (χ1n) is 6.57. The van der Waals surface area contributed by atoms with Gasteiger partial charge in [-0.15, -0.1) is 5.10 Å². The Balaban J connectivity index is 2.05. The lowest BCUT2D eigenvalue weighted by atomic mass is 10.1. The van der Waals surface area contributed by atoms with Gasteiger partial charge in [0.05, 0.1) is 16.6 Å². The summed E-state index contributed by atoms with van der Waals surface area (Å²) >= 11 is 6.06. The number of benzene rings is 1. The molecule has 6 nitrogen and oxygen atoms in total. The Labute approximate surface area is 125 Å². The fourth-order valence-corrected chi connectivity index (χ4v) is 2.61. The Morgan fingerprint density at radius 2 is 2.14 bits per heavy atom. The molecule has 3 heterocycles. The maximum Gasteiger partial charge on any atom is 0.220 e. The molecule has 0 saturated heterocycles. The van der Waals surface area contributed by atoms with Gasteiger partial charge in [-0.3, -0.25) is 0 Å². The molecule has 4 rings (SSSR count). The summed E-state index contributed by atoms with van der Waals surface area (Å²) in [4.78, 5) is 4.60. The van der Waals surface area contributed by atoms with Crippen molar-refractivity contribution in [2.75, 3.05) is 6.61 Å². The van der Waals surface area contributed by atoms with E-state index in [1.165, 1.54) is 0 Å². The summed E-state index contributed by atoms with van der Waals surface area (Å²) in [6.07, 6.45) is 0. The zero-order chi connectivity index (χ0) is 14.6. The number of tetrazole rings is 1. The number of hydrogen-bond acceptors (Lipinski definition) is 5. The summed E-state index contributed by atoms with van der Waals surface area (Å²) in [5.74, 6) is 0.580. The van der Waals surface area contributed by atoms with Crippen molar-refractivity contribution in [1.29, 1.82) is 0 Å². The number of aliphatic imine (C=N–C) groups is 1. The van der Waals surface area contributed by atoms with E-state index in [9.17, 15) is 0 Å². The van der Waals surface area contributed by atoms with E-state index in [4.69, 9.17) is 16.3 Å². The number of aromatic nitrogens is 4. The highest BCUT2D eigenvalue weighted by Crippen LogP contribution is 2.26. The summed E-state index contributed by atoms with van der Waals surface area (Å²) in [7, 11) is 0. The summed E-state index contributed by atoms with van der Waals surface area (Å²) in [5.41, 5.74) is 2.03. The Morgan fingerprint density at radius 1 is 1.29 bits per heavy atom. The van der Waals surface area contributed by atoms with Gasteiger partial charge >= 0.3 is 0 Å². The molecule has 106 valence electrons. The molecule has 21 heavy (non-hydrogen) atoms. The Kier molecular flexibility index (Phi) is 2.47. The number of halogens is 1. The van der Waals surface area contributed by atoms with Crippen LogP contribution in [-0.4, -0.2) is 38.1 Å². The first kappa shape index (κ1) is 12.5. The van der Waals surface area contributed by atoms with E-state index in [1.807, 2.05) is 38.1 Å². The van der Waals surface area contributed by atoms with Crippen LogP contribution in [0.4, 0.5) is 0 Å². The van der Waals surface area contributed by atoms with Gasteiger partial charge in [0.15, 0.2) is 5.65 Å². The van der Waals surface area contributed by atoms with Gasteiger partial charge in [0, 0.05) is 10.4 Å². The lowest BCUT2D eigenvalue weighted by Crippen LogP contribution is -2.17. The molecule has 0 amide bonds. The summed E-state index contributed by atoms with van der Waals surface area (Å²) in [6.45, 7) is 4.61. The number of pyridine rings is 1. The zero-order valence-corrected chi connectivity index (χ0v) is 12.3. The third kappa shape index (κ3) is 1.94. The Bertz CT molecular complexity index is 899. The highest BCUT2D eigenvalue weighted by molar-refractivity contribution is 6.31. The van der Waals surface area contributed by atoms with Gasteiger partial charge in [-0.1, -0.05) is 17.7 Å². The second kappa shape index (κ2) is 4.14. The fourth-order valence-electron chi connectivity index (χ4n) is 2.44. The average molecular weight is 302 g/mol. The molecule has 1 aromatic carbocycles. The molecule has 0 saturated carbocycles. The first-order chi connectivity index (χ1) is 10.0. The maximum absolute atomic E-state index is 6.06. The fraction of sp³-hybridized carbons (Fsp3) is 0.286. The highest BCUT2D eigenvalue weighted by atomic mass is 35.5. The lowest BCUT2D eigenvalue weighted by Gasteiger charge is -2.07. The molecular weight excluding hydrogens is 290 g/mol. The third-order valence-electron chi connectivity index (χ3n) is 3.43. The minimum Gasteiger partial charge on any atom is -0.475 e. The van der Waals surface area contributed by atoms with Crippen molar-refractivity contribution >= 4 is 34.0 Å². The van der Waals surface area contributed by atoms with Gasteiger partial charge in [0.1, 0.15) is 6.61 Å². The van der Waals surface area contributed by atoms with E-state index < -0.39 is 0 Å². The predicted molar refractivity (Wildman–Crippen MR) is 79.9 cm³/mol. The average Bonchev–Trinajstić information content (AvgIpc) is 3.04. The largest absolute Gasteiger partial charge is 0.475 e. The predicted octanol–water partition coefficient (Wildman–Crippen LogP) is 2.49. The number of ether oxygens (including phenoxy) is 1. The molecule has 0 fully saturated rings. The van der Waals surface area contributed by atoms with Gasteiger partial charge in [0.25, 0.3) is 0 Å². The topological polar surface area (TPSA) is 64.7 Å². The van der Waals surface area contributed by atoms with E-state index in [-0.39, 0.29) is 5.54 Å². The number of nitrogens with zero attached hydrogens (tertiary/aromatic N) is 5. The molecule has 0 bridgehead atoms. The van der Waals surface area contributed by atoms with Crippen molar-refractivity contribution in [3.63, 3.8) is 0 Å². The van der Waals surface area contributed by atoms with Gasteiger partial charge in [-0.25, -0.2) is 4.99 Å². The molecule has 0 atom stereocenters. The minimum atomic E-state index is -0.227. The quantitative estimate of drug-likeness (QED) is 0.692. The second-order valence-corrected chi connectivity index (χ2v) is 6.13. The molecule has 1 aliphatic heterocycles. The van der Waals surface area contributed by atoms with E-state index in [2.05, 4.69) is 20.5 Å². The van der Waals surface area contributed by atoms with E-state index >= 15 is 0 Å². The zero-order valence-electron chi connectivity index (χ0n) is 11.5. The van der Waals surface area contributed by atoms with Crippen LogP contribution in [0.5, 0.6) is 0 Å². The van der Waals surface area contributed by atoms with Crippen molar-refractivity contribution in [1.82, 2.24) is 20.0 Å². The number of fused-ring (bicyclic) bond motifs is 3. The van der Waals surface area contributed by atoms with Crippen molar-refractivity contribution < 1.29 is 4.74 Å². The number of rotatable bonds is 1. The monoisotopic (exact) mass is 301 g/mol. The van der Waals surface area contributed by atoms with Crippen LogP contribution < -0.4 is 0 Å². The van der Waals surface area contributed by atoms with Crippen molar-refractivity contribution in [3.05, 3.63) is 34.9 Å². The van der Waals surface area contributed by atoms with E-state index in [0.717, 1.165) is 16.5 Å². The molecule has 0 unspecified atom stereocenters. The minimum absolute atomic E-state index is 0.227. The SMILES string of the molecule is CC1(C)COC(c2cc3ccc(Cl)cc3n3nnnc23)=N1. The van der Waals surface area contributed by atoms with E-state index in [1.54, 1.807) is 4.52 Å². The van der Waals surface area contributed by atoms with Gasteiger partial charge in [-0.05, 0) is 42.5 Å². The van der Waals surface area contributed by atoms with Crippen LogP contribution >= 0.6 is 11.6 Å². The van der Waals surface area contributed by atoms with Crippen LogP contribution in [0.25, 0.3) is 16.6 Å². The highest BCUT2D eigenvalue weighted by Gasteiger charge is 2.29. The van der Waals surface area contributed by atoms with Gasteiger partial charge < -0.3 is 4.74 Å². The van der Waals surface area contributed by atoms with Crippen molar-refractivity contribution in [2.24, 2.45) is 4.99 Å². The van der Waals surface area contributed by atoms with Crippen LogP contribution in [0.2, 0.25) is 5.02 Å². The van der Waals surface area contributed by atoms with Gasteiger partial charge in [0.2, 0.25) is 5.90 Å². The van der Waals surface area contributed by atoms with Gasteiger partial charge in [-0.2, -0.15) is 4.52 Å². The van der Waals surface area contributed by atoms with Crippen molar-refractivity contribution in [2.45, 2.75) is 19.4 Å². The van der Waals surface area contributed by atoms with Crippen LogP contribution in [0.3, 0.4) is 0 Å². The second-order valence-electron chi connectivity index (χ2n) is 5.69. The Hall–Kier alpha value is -2.21. The number of hydrogen-bond donors (Lipinski definition) is 0. The van der Waals surface area contributed by atoms with E-state index in [0.29, 0.717) is 23.2 Å². The van der Waals surface area contributed by atoms with Crippen LogP contribution in [-0.2, 0) is 4.74 Å². The van der Waals surface area contributed by atoms with Crippen LogP contribution in [0, 0.1) is 0 Å². The molecule has 2 aromatic heterocycles. The molecule has 0 aliphatic carbocycles. The standard InChI is InChI=1S/C14H12ClN5O/c1-14(2)7-21-13(16-14)10-5-8-3-4-9(15)6-11(8)20-12(10)17-18-19-20/h3-6H,7H2,1-2H3. The molecule has 3 aromatic rings. The van der Waals surface area contributed by atoms with Crippen molar-refractivity contribution in [3.8, 4) is 0 Å². The molecule has 7 heteroatoms. The lowest BCUT2D eigenvalue weighted by molar-refractivity contribution is 0.279. The first-order valence-corrected chi connectivity index (χ1v) is 6.95. The molecule has 1 aliphatic rings. The van der Waals surface area contributed by atoms with Crippen LogP contribution in [0.15, 0.2) is 29.3 Å². The molecule has 0 spiro atoms. The van der Waals surface area contributed by atoms with Crippen LogP contribution in [0.1, 0.15) is 19.4 Å². The summed E-state index contributed by atoms with van der Waals surface area (Å²) in [6, 6.07) is 7.59. The summed E-state index contributed by atoms with van der Waals surface area (Å²) in [5, 5.41) is 13.5. The maximum atomic E-state index is 6.06. The third-order valence-corrected chi connectivity index (χ3v) is 3.66. The summed E-state index contributed by atoms with van der Waals surface area (Å²) < 4.78 is 7.38. The normalized spacial score (nSPS) is 17.2. The smallest absolute Gasteiger partial charge is 0.220 e. The molecule has 0 N–H and O–H groups in total.